The summed E-state index contributed by atoms with van der Waals surface area (Å²) in [5, 5.41) is -1.85. The minimum Gasteiger partial charge on any atom is -0.408 e. The number of nitrogens with zero attached hydrogens (tertiary/aromatic N) is 1. The van der Waals surface area contributed by atoms with E-state index in [1.54, 1.807) is 21.2 Å². The predicted octanol–water partition coefficient (Wildman–Crippen LogP) is 8.22. The molecular weight excluding hydrogens is 689 g/mol. The van der Waals surface area contributed by atoms with E-state index in [0.29, 0.717) is 21.1 Å². The van der Waals surface area contributed by atoms with Crippen LogP contribution in [0.5, 0.6) is 5.75 Å². The molecule has 2 aromatic carbocycles. The van der Waals surface area contributed by atoms with Crippen LogP contribution in [0.15, 0.2) is 24.3 Å². The van der Waals surface area contributed by atoms with E-state index in [1.807, 2.05) is 33.6 Å². The first-order chi connectivity index (χ1) is 17.9. The van der Waals surface area contributed by atoms with E-state index in [4.69, 9.17) is 35.1 Å². The third-order valence-corrected chi connectivity index (χ3v) is 5.15. The van der Waals surface area contributed by atoms with E-state index in [0.717, 1.165) is 0 Å². The van der Waals surface area contributed by atoms with Gasteiger partial charge in [0.05, 0.1) is 40.4 Å². The lowest BCUT2D eigenvalue weighted by atomic mass is 9.48. The van der Waals surface area contributed by atoms with Crippen molar-refractivity contribution in [2.75, 3.05) is 4.90 Å². The number of carbonyl (C=O) groups excluding carboxylic acids is 1. The average Bonchev–Trinajstić information content (AvgIpc) is 2.83. The van der Waals surface area contributed by atoms with Crippen LogP contribution in [-0.4, -0.2) is 34.9 Å². The molecule has 17 heteroatoms. The molecule has 206 valence electrons. The maximum Gasteiger partial charge on any atom is 0.420 e. The summed E-state index contributed by atoms with van der Waals surface area (Å²) in [5.41, 5.74) is -5.80. The molecule has 0 saturated carbocycles. The summed E-state index contributed by atoms with van der Waals surface area (Å²) in [6, 6.07) is 1.02. The lowest BCUT2D eigenvalue weighted by Crippen LogP contribution is -2.55. The van der Waals surface area contributed by atoms with Crippen LogP contribution in [-0.2, 0) is 12.4 Å². The molecule has 0 aliphatic carbocycles. The second-order valence-electron chi connectivity index (χ2n) is 6.49. The number of amides is 1. The SMILES string of the molecule is CC.CC.[B]C([B])([B])N(C(=O)Oc1c(C#CSI)cc(C(F)(F)F)cc1C(F)(F)F)c1ccc(F)c(Cl)c1F. The fourth-order valence-electron chi connectivity index (χ4n) is 2.57. The Morgan fingerprint density at radius 2 is 1.54 bits per heavy atom. The Bertz CT molecular complexity index is 1220. The molecule has 3 nitrogen and oxygen atoms in total. The molecule has 2 rings (SSSR count). The third-order valence-electron chi connectivity index (χ3n) is 3.96. The normalized spacial score (nSPS) is 11.1. The summed E-state index contributed by atoms with van der Waals surface area (Å²) >= 11 is 7.03. The molecule has 0 aliphatic heterocycles. The maximum atomic E-state index is 14.5. The molecule has 0 atom stereocenters. The van der Waals surface area contributed by atoms with Crippen molar-refractivity contribution >= 4 is 77.1 Å². The van der Waals surface area contributed by atoms with Gasteiger partial charge in [-0.15, -0.1) is 0 Å². The van der Waals surface area contributed by atoms with Gasteiger partial charge in [0.25, 0.3) is 0 Å². The first-order valence-corrected chi connectivity index (χ1v) is 14.3. The van der Waals surface area contributed by atoms with Crippen molar-refractivity contribution < 1.29 is 44.7 Å². The van der Waals surface area contributed by atoms with Crippen LogP contribution in [0.3, 0.4) is 0 Å². The first-order valence-electron chi connectivity index (χ1n) is 10.5. The number of ether oxygens (including phenoxy) is 1. The Morgan fingerprint density at radius 1 is 1.00 bits per heavy atom. The van der Waals surface area contributed by atoms with Gasteiger partial charge in [0.2, 0.25) is 0 Å². The van der Waals surface area contributed by atoms with Gasteiger partial charge in [0.1, 0.15) is 16.4 Å². The van der Waals surface area contributed by atoms with Crippen LogP contribution in [0.4, 0.5) is 45.6 Å². The van der Waals surface area contributed by atoms with Crippen molar-refractivity contribution in [3.05, 3.63) is 57.6 Å². The number of alkyl halides is 6. The van der Waals surface area contributed by atoms with Gasteiger partial charge >= 0.3 is 18.4 Å². The molecule has 39 heavy (non-hydrogen) atoms. The van der Waals surface area contributed by atoms with Gasteiger partial charge in [-0.05, 0) is 38.5 Å². The predicted molar refractivity (Wildman–Crippen MR) is 147 cm³/mol. The second-order valence-corrected chi connectivity index (χ2v) is 8.54. The number of anilines is 1. The highest BCUT2D eigenvalue weighted by molar-refractivity contribution is 14.2. The van der Waals surface area contributed by atoms with E-state index < -0.39 is 68.5 Å². The van der Waals surface area contributed by atoms with E-state index >= 15 is 0 Å². The van der Waals surface area contributed by atoms with Crippen molar-refractivity contribution in [3.63, 3.8) is 0 Å². The quantitative estimate of drug-likeness (QED) is 0.106. The molecule has 0 aliphatic rings. The van der Waals surface area contributed by atoms with Crippen LogP contribution in [0.2, 0.25) is 5.02 Å². The summed E-state index contributed by atoms with van der Waals surface area (Å²) < 4.78 is 113. The molecule has 6 radical (unpaired) electrons. The Morgan fingerprint density at radius 3 is 1.97 bits per heavy atom. The zero-order valence-corrected chi connectivity index (χ0v) is 24.2. The summed E-state index contributed by atoms with van der Waals surface area (Å²) in [5.74, 6) is -2.39. The van der Waals surface area contributed by atoms with Crippen molar-refractivity contribution in [2.24, 2.45) is 0 Å². The Kier molecular flexibility index (Phi) is 14.6. The number of hydrogen-bond donors (Lipinski definition) is 0. The fourth-order valence-corrected chi connectivity index (χ4v) is 3.21. The zero-order chi connectivity index (χ0) is 30.9. The number of carbonyl (C=O) groups is 1. The highest BCUT2D eigenvalue weighted by Gasteiger charge is 2.42. The van der Waals surface area contributed by atoms with Gasteiger partial charge in [-0.1, -0.05) is 50.5 Å². The van der Waals surface area contributed by atoms with Gasteiger partial charge in [0, 0.05) is 21.2 Å². The van der Waals surface area contributed by atoms with Gasteiger partial charge in [-0.3, -0.25) is 4.90 Å². The van der Waals surface area contributed by atoms with Crippen molar-refractivity contribution in [3.8, 4) is 16.9 Å². The van der Waals surface area contributed by atoms with Gasteiger partial charge < -0.3 is 4.74 Å². The Balaban J connectivity index is 0.00000344. The molecular formula is C22H16B3ClF8INO2S. The fraction of sp³-hybridized carbons (Fsp3) is 0.318. The van der Waals surface area contributed by atoms with E-state index in [2.05, 4.69) is 9.99 Å². The van der Waals surface area contributed by atoms with Crippen molar-refractivity contribution in [2.45, 2.75) is 45.3 Å². The minimum absolute atomic E-state index is 0.115. The number of hydrogen-bond acceptors (Lipinski definition) is 3. The third kappa shape index (κ3) is 10.0. The number of halogens is 10. The van der Waals surface area contributed by atoms with Crippen LogP contribution < -0.4 is 9.64 Å². The molecule has 0 heterocycles. The molecule has 0 saturated heterocycles. The molecule has 0 fully saturated rings. The van der Waals surface area contributed by atoms with Crippen LogP contribution in [0.25, 0.3) is 0 Å². The van der Waals surface area contributed by atoms with E-state index in [9.17, 15) is 39.9 Å². The molecule has 2 aromatic rings. The highest BCUT2D eigenvalue weighted by atomic mass is 127. The molecule has 0 aromatic heterocycles. The molecule has 0 spiro atoms. The topological polar surface area (TPSA) is 29.5 Å². The monoisotopic (exact) mass is 705 g/mol. The molecule has 1 amide bonds. The lowest BCUT2D eigenvalue weighted by Gasteiger charge is -2.36. The minimum atomic E-state index is -5.48. The smallest absolute Gasteiger partial charge is 0.408 e. The van der Waals surface area contributed by atoms with E-state index in [1.165, 1.54) is 0 Å². The summed E-state index contributed by atoms with van der Waals surface area (Å²) in [7, 11) is 17.0. The number of rotatable bonds is 3. The number of benzene rings is 2. The zero-order valence-electron chi connectivity index (χ0n) is 20.5. The first kappa shape index (κ1) is 37.3. The summed E-state index contributed by atoms with van der Waals surface area (Å²) in [4.78, 5) is 12.7. The van der Waals surface area contributed by atoms with Crippen LogP contribution >= 0.6 is 41.7 Å². The highest BCUT2D eigenvalue weighted by Crippen LogP contribution is 2.43. The van der Waals surface area contributed by atoms with Crippen LogP contribution in [0, 0.1) is 22.8 Å². The molecule has 0 N–H and O–H groups in total. The summed E-state index contributed by atoms with van der Waals surface area (Å²) in [6.45, 7) is 8.00. The molecule has 0 bridgehead atoms. The van der Waals surface area contributed by atoms with E-state index in [-0.39, 0.29) is 17.0 Å². The molecule has 0 unspecified atom stereocenters. The van der Waals surface area contributed by atoms with Crippen LogP contribution in [0.1, 0.15) is 44.4 Å². The van der Waals surface area contributed by atoms with Crippen molar-refractivity contribution in [1.29, 1.82) is 0 Å². The largest absolute Gasteiger partial charge is 0.420 e. The lowest BCUT2D eigenvalue weighted by molar-refractivity contribution is -0.143. The average molecular weight is 705 g/mol. The Hall–Kier alpha value is -1.73. The summed E-state index contributed by atoms with van der Waals surface area (Å²) in [6.07, 6.45) is -12.7. The maximum absolute atomic E-state index is 14.5. The second kappa shape index (κ2) is 15.3. The Labute approximate surface area is 245 Å². The van der Waals surface area contributed by atoms with Gasteiger partial charge in [-0.25, -0.2) is 13.6 Å². The van der Waals surface area contributed by atoms with Gasteiger partial charge in [0.15, 0.2) is 11.6 Å². The van der Waals surface area contributed by atoms with Crippen molar-refractivity contribution in [1.82, 2.24) is 0 Å². The standard InChI is InChI=1S/C18H4B3ClF8INO2S.2C2H6/c19-18(20,21)32(11-2-1-10(23)12(22)13(11)24)15(33)34-14-7(3-4-35-31)5-8(16(25,26)27)6-9(14)17(28,29)30;2*1-2/h1-2,5-6H;2*1-2H3. The van der Waals surface area contributed by atoms with Gasteiger partial charge in [-0.2, -0.15) is 26.3 Å².